The lowest BCUT2D eigenvalue weighted by molar-refractivity contribution is -0.385. The molecule has 0 aliphatic carbocycles. The van der Waals surface area contributed by atoms with Crippen LogP contribution < -0.4 is 11.1 Å². The molecule has 0 spiro atoms. The van der Waals surface area contributed by atoms with Gasteiger partial charge in [0.15, 0.2) is 0 Å². The fraction of sp³-hybridized carbons (Fsp3) is 0.375. The topological polar surface area (TPSA) is 94.1 Å². The van der Waals surface area contributed by atoms with E-state index in [4.69, 9.17) is 5.73 Å². The SMILES string of the molecule is Cc1nc(NCCN)ccc1[N+](=O)[O-]. The number of hydrogen-bond donors (Lipinski definition) is 2. The van der Waals surface area contributed by atoms with Gasteiger partial charge in [-0.2, -0.15) is 0 Å². The molecular formula is C8H12N4O2. The highest BCUT2D eigenvalue weighted by atomic mass is 16.6. The second-order valence-corrected chi connectivity index (χ2v) is 2.77. The molecule has 0 fully saturated rings. The lowest BCUT2D eigenvalue weighted by Crippen LogP contribution is -2.14. The van der Waals surface area contributed by atoms with Gasteiger partial charge < -0.3 is 11.1 Å². The lowest BCUT2D eigenvalue weighted by atomic mass is 10.3. The van der Waals surface area contributed by atoms with Gasteiger partial charge in [-0.3, -0.25) is 10.1 Å². The third-order valence-corrected chi connectivity index (χ3v) is 1.71. The summed E-state index contributed by atoms with van der Waals surface area (Å²) in [6.45, 7) is 2.70. The Hall–Kier alpha value is -1.69. The Morgan fingerprint density at radius 1 is 1.64 bits per heavy atom. The third-order valence-electron chi connectivity index (χ3n) is 1.71. The molecular weight excluding hydrogens is 184 g/mol. The maximum absolute atomic E-state index is 10.5. The van der Waals surface area contributed by atoms with Gasteiger partial charge in [-0.15, -0.1) is 0 Å². The monoisotopic (exact) mass is 196 g/mol. The average molecular weight is 196 g/mol. The molecule has 6 heteroatoms. The van der Waals surface area contributed by atoms with Crippen molar-refractivity contribution in [3.63, 3.8) is 0 Å². The molecule has 0 bridgehead atoms. The van der Waals surface area contributed by atoms with Crippen LogP contribution in [0.4, 0.5) is 11.5 Å². The Bertz CT molecular complexity index is 340. The molecule has 1 rings (SSSR count). The number of aromatic nitrogens is 1. The molecule has 0 atom stereocenters. The zero-order valence-corrected chi connectivity index (χ0v) is 7.86. The van der Waals surface area contributed by atoms with Gasteiger partial charge in [-0.25, -0.2) is 4.98 Å². The van der Waals surface area contributed by atoms with Crippen LogP contribution in [0.2, 0.25) is 0 Å². The summed E-state index contributed by atoms with van der Waals surface area (Å²) in [7, 11) is 0. The van der Waals surface area contributed by atoms with E-state index >= 15 is 0 Å². The number of nitrogens with one attached hydrogen (secondary N) is 1. The highest BCUT2D eigenvalue weighted by Crippen LogP contribution is 2.17. The molecule has 3 N–H and O–H groups in total. The van der Waals surface area contributed by atoms with E-state index in [1.54, 1.807) is 13.0 Å². The van der Waals surface area contributed by atoms with Crippen molar-refractivity contribution in [2.45, 2.75) is 6.92 Å². The molecule has 1 aromatic heterocycles. The number of anilines is 1. The van der Waals surface area contributed by atoms with Crippen LogP contribution in [0.3, 0.4) is 0 Å². The van der Waals surface area contributed by atoms with Gasteiger partial charge in [0.25, 0.3) is 5.69 Å². The maximum Gasteiger partial charge on any atom is 0.290 e. The highest BCUT2D eigenvalue weighted by molar-refractivity contribution is 5.44. The van der Waals surface area contributed by atoms with Crippen molar-refractivity contribution < 1.29 is 4.92 Å². The van der Waals surface area contributed by atoms with E-state index in [1.807, 2.05) is 0 Å². The minimum atomic E-state index is -0.449. The van der Waals surface area contributed by atoms with Crippen LogP contribution >= 0.6 is 0 Å². The fourth-order valence-electron chi connectivity index (χ4n) is 1.05. The maximum atomic E-state index is 10.5. The van der Waals surface area contributed by atoms with Crippen LogP contribution in [-0.4, -0.2) is 23.0 Å². The molecule has 14 heavy (non-hydrogen) atoms. The van der Waals surface area contributed by atoms with Crippen LogP contribution in [0, 0.1) is 17.0 Å². The predicted octanol–water partition coefficient (Wildman–Crippen LogP) is 0.669. The zero-order chi connectivity index (χ0) is 10.6. The van der Waals surface area contributed by atoms with Crippen LogP contribution in [0.25, 0.3) is 0 Å². The summed E-state index contributed by atoms with van der Waals surface area (Å²) in [4.78, 5) is 14.0. The van der Waals surface area contributed by atoms with Gasteiger partial charge in [0.1, 0.15) is 11.5 Å². The molecule has 0 unspecified atom stereocenters. The fourth-order valence-corrected chi connectivity index (χ4v) is 1.05. The first kappa shape index (κ1) is 10.4. The number of rotatable bonds is 4. The number of pyridine rings is 1. The minimum Gasteiger partial charge on any atom is -0.369 e. The van der Waals surface area contributed by atoms with E-state index in [0.717, 1.165) is 0 Å². The van der Waals surface area contributed by atoms with Crippen LogP contribution in [0.5, 0.6) is 0 Å². The molecule has 0 saturated heterocycles. The van der Waals surface area contributed by atoms with Crippen LogP contribution in [0.1, 0.15) is 5.69 Å². The Morgan fingerprint density at radius 3 is 2.86 bits per heavy atom. The number of nitrogens with zero attached hydrogens (tertiary/aromatic N) is 2. The summed E-state index contributed by atoms with van der Waals surface area (Å²) >= 11 is 0. The van der Waals surface area contributed by atoms with Crippen molar-refractivity contribution in [3.8, 4) is 0 Å². The Balaban J connectivity index is 2.83. The van der Waals surface area contributed by atoms with Crippen molar-refractivity contribution in [3.05, 3.63) is 27.9 Å². The van der Waals surface area contributed by atoms with Crippen molar-refractivity contribution in [2.75, 3.05) is 18.4 Å². The number of nitrogens with two attached hydrogens (primary N) is 1. The van der Waals surface area contributed by atoms with Crippen molar-refractivity contribution in [2.24, 2.45) is 5.73 Å². The zero-order valence-electron chi connectivity index (χ0n) is 7.86. The largest absolute Gasteiger partial charge is 0.369 e. The van der Waals surface area contributed by atoms with Gasteiger partial charge in [0, 0.05) is 19.2 Å². The van der Waals surface area contributed by atoms with Crippen molar-refractivity contribution >= 4 is 11.5 Å². The first-order valence-corrected chi connectivity index (χ1v) is 4.21. The molecule has 0 saturated carbocycles. The number of aryl methyl sites for hydroxylation is 1. The standard InChI is InChI=1S/C8H12N4O2/c1-6-7(12(13)14)2-3-8(11-6)10-5-4-9/h2-3H,4-5,9H2,1H3,(H,10,11). The predicted molar refractivity (Wildman–Crippen MR) is 53.2 cm³/mol. The quantitative estimate of drug-likeness (QED) is 0.545. The van der Waals surface area contributed by atoms with Crippen LogP contribution in [0.15, 0.2) is 12.1 Å². The number of nitro groups is 1. The first-order valence-electron chi connectivity index (χ1n) is 4.21. The summed E-state index contributed by atoms with van der Waals surface area (Å²) in [5.41, 5.74) is 5.72. The summed E-state index contributed by atoms with van der Waals surface area (Å²) in [6.07, 6.45) is 0. The highest BCUT2D eigenvalue weighted by Gasteiger charge is 2.10. The van der Waals surface area contributed by atoms with E-state index in [-0.39, 0.29) is 5.69 Å². The Morgan fingerprint density at radius 2 is 2.36 bits per heavy atom. The van der Waals surface area contributed by atoms with E-state index < -0.39 is 4.92 Å². The summed E-state index contributed by atoms with van der Waals surface area (Å²) in [6, 6.07) is 3.00. The minimum absolute atomic E-state index is 0.0308. The van der Waals surface area contributed by atoms with Gasteiger partial charge in [0.05, 0.1) is 4.92 Å². The van der Waals surface area contributed by atoms with E-state index in [9.17, 15) is 10.1 Å². The van der Waals surface area contributed by atoms with E-state index in [1.165, 1.54) is 6.07 Å². The summed E-state index contributed by atoms with van der Waals surface area (Å²) < 4.78 is 0. The van der Waals surface area contributed by atoms with E-state index in [2.05, 4.69) is 10.3 Å². The van der Waals surface area contributed by atoms with Crippen molar-refractivity contribution in [1.29, 1.82) is 0 Å². The third kappa shape index (κ3) is 2.40. The molecule has 0 aromatic carbocycles. The van der Waals surface area contributed by atoms with Gasteiger partial charge in [-0.1, -0.05) is 0 Å². The molecule has 1 heterocycles. The Labute approximate surface area is 81.3 Å². The second-order valence-electron chi connectivity index (χ2n) is 2.77. The molecule has 0 aliphatic rings. The molecule has 0 radical (unpaired) electrons. The smallest absolute Gasteiger partial charge is 0.290 e. The van der Waals surface area contributed by atoms with Crippen LogP contribution in [-0.2, 0) is 0 Å². The normalized spacial score (nSPS) is 9.86. The average Bonchev–Trinajstić information content (AvgIpc) is 2.14. The molecule has 0 aliphatic heterocycles. The lowest BCUT2D eigenvalue weighted by Gasteiger charge is -2.04. The second kappa shape index (κ2) is 4.52. The molecule has 76 valence electrons. The molecule has 0 amide bonds. The summed E-state index contributed by atoms with van der Waals surface area (Å²) in [5.74, 6) is 0.610. The van der Waals surface area contributed by atoms with Gasteiger partial charge >= 0.3 is 0 Å². The van der Waals surface area contributed by atoms with Gasteiger partial charge in [0.2, 0.25) is 0 Å². The Kier molecular flexibility index (Phi) is 3.35. The molecule has 6 nitrogen and oxygen atoms in total. The van der Waals surface area contributed by atoms with E-state index in [0.29, 0.717) is 24.6 Å². The summed E-state index contributed by atoms with van der Waals surface area (Å²) in [5, 5.41) is 13.4. The number of hydrogen-bond acceptors (Lipinski definition) is 5. The molecule has 1 aromatic rings. The van der Waals surface area contributed by atoms with Gasteiger partial charge in [-0.05, 0) is 13.0 Å². The first-order chi connectivity index (χ1) is 6.65. The van der Waals surface area contributed by atoms with Crippen molar-refractivity contribution in [1.82, 2.24) is 4.98 Å².